The minimum absolute atomic E-state index is 0.173. The van der Waals surface area contributed by atoms with Crippen LogP contribution in [0.2, 0.25) is 0 Å². The van der Waals surface area contributed by atoms with Gasteiger partial charge in [0.05, 0.1) is 0 Å². The average Bonchev–Trinajstić information content (AvgIpc) is 3.22. The van der Waals surface area contributed by atoms with Crippen molar-refractivity contribution in [3.63, 3.8) is 0 Å². The average molecular weight is 401 g/mol. The van der Waals surface area contributed by atoms with E-state index in [0.717, 1.165) is 62.4 Å². The maximum Gasteiger partial charge on any atom is 0.272 e. The molecule has 0 spiro atoms. The van der Waals surface area contributed by atoms with E-state index in [1.54, 1.807) is 0 Å². The number of hydrogen-bond donors (Lipinski definition) is 2. The number of nitrogens with one attached hydrogen (secondary N) is 2. The predicted molar refractivity (Wildman–Crippen MR) is 112 cm³/mol. The first-order chi connectivity index (χ1) is 14.2. The summed E-state index contributed by atoms with van der Waals surface area (Å²) in [5, 5.41) is 9.91. The molecule has 7 heteroatoms. The molecule has 29 heavy (non-hydrogen) atoms. The van der Waals surface area contributed by atoms with Crippen molar-refractivity contribution in [2.24, 2.45) is 0 Å². The summed E-state index contributed by atoms with van der Waals surface area (Å²) < 4.78 is 11.4. The number of H-pyrrole nitrogens is 1. The van der Waals surface area contributed by atoms with Crippen LogP contribution in [0, 0.1) is 0 Å². The van der Waals surface area contributed by atoms with E-state index in [-0.39, 0.29) is 5.91 Å². The molecule has 2 aromatic rings. The van der Waals surface area contributed by atoms with Crippen LogP contribution < -0.4 is 10.1 Å². The van der Waals surface area contributed by atoms with Crippen LogP contribution in [-0.2, 0) is 17.7 Å². The first-order valence-electron chi connectivity index (χ1n) is 10.5. The van der Waals surface area contributed by atoms with Crippen LogP contribution >= 0.6 is 0 Å². The quantitative estimate of drug-likeness (QED) is 0.641. The van der Waals surface area contributed by atoms with Gasteiger partial charge in [-0.3, -0.25) is 14.8 Å². The molecule has 2 heterocycles. The van der Waals surface area contributed by atoms with Gasteiger partial charge in [0.25, 0.3) is 5.91 Å². The van der Waals surface area contributed by atoms with Crippen LogP contribution in [0.1, 0.15) is 47.9 Å². The van der Waals surface area contributed by atoms with E-state index in [2.05, 4.69) is 34.4 Å². The molecule has 0 atom stereocenters. The highest BCUT2D eigenvalue weighted by Gasteiger charge is 2.18. The van der Waals surface area contributed by atoms with Crippen LogP contribution in [0.3, 0.4) is 0 Å². The van der Waals surface area contributed by atoms with E-state index in [0.29, 0.717) is 24.9 Å². The molecule has 1 fully saturated rings. The number of ether oxygens (including phenoxy) is 2. The minimum atomic E-state index is -0.173. The second-order valence-electron chi connectivity index (χ2n) is 7.53. The summed E-state index contributed by atoms with van der Waals surface area (Å²) in [6, 6.07) is 10.2. The lowest BCUT2D eigenvalue weighted by atomic mass is 10.1. The number of rotatable bonds is 10. The molecule has 1 aromatic carbocycles. The van der Waals surface area contributed by atoms with E-state index in [1.165, 1.54) is 0 Å². The van der Waals surface area contributed by atoms with Gasteiger partial charge in [-0.25, -0.2) is 0 Å². The van der Waals surface area contributed by atoms with Crippen LogP contribution in [0.15, 0.2) is 30.3 Å². The Balaban J connectivity index is 1.43. The van der Waals surface area contributed by atoms with Crippen LogP contribution in [-0.4, -0.2) is 60.5 Å². The number of amides is 1. The summed E-state index contributed by atoms with van der Waals surface area (Å²) in [5.74, 6) is 0.648. The van der Waals surface area contributed by atoms with E-state index in [9.17, 15) is 4.79 Å². The van der Waals surface area contributed by atoms with E-state index >= 15 is 0 Å². The molecule has 0 aliphatic carbocycles. The lowest BCUT2D eigenvalue weighted by Gasteiger charge is -2.31. The molecule has 1 amide bonds. The van der Waals surface area contributed by atoms with Crippen molar-refractivity contribution >= 4 is 5.91 Å². The fraction of sp³-hybridized carbons (Fsp3) is 0.545. The minimum Gasteiger partial charge on any atom is -0.492 e. The molecule has 158 valence electrons. The molecule has 0 radical (unpaired) electrons. The number of aromatic nitrogens is 2. The van der Waals surface area contributed by atoms with Crippen molar-refractivity contribution in [2.45, 2.75) is 45.2 Å². The molecule has 7 nitrogen and oxygen atoms in total. The molecular formula is C22H32N4O3. The highest BCUT2D eigenvalue weighted by molar-refractivity contribution is 5.92. The Bertz CT molecular complexity index is 771. The first kappa shape index (κ1) is 21.3. The largest absolute Gasteiger partial charge is 0.492 e. The Morgan fingerprint density at radius 2 is 2.17 bits per heavy atom. The highest BCUT2D eigenvalue weighted by Crippen LogP contribution is 2.15. The number of aryl methyl sites for hydroxylation is 1. The summed E-state index contributed by atoms with van der Waals surface area (Å²) in [4.78, 5) is 14.6. The van der Waals surface area contributed by atoms with Gasteiger partial charge in [-0.2, -0.15) is 5.10 Å². The van der Waals surface area contributed by atoms with Crippen molar-refractivity contribution in [3.8, 4) is 5.75 Å². The van der Waals surface area contributed by atoms with Gasteiger partial charge < -0.3 is 14.8 Å². The summed E-state index contributed by atoms with van der Waals surface area (Å²) in [7, 11) is 2.15. The Hall–Kier alpha value is -2.38. The lowest BCUT2D eigenvalue weighted by molar-refractivity contribution is 0.0392. The molecule has 1 aliphatic rings. The normalized spacial score (nSPS) is 14.9. The van der Waals surface area contributed by atoms with Gasteiger partial charge in [-0.1, -0.05) is 25.5 Å². The molecule has 2 N–H and O–H groups in total. The summed E-state index contributed by atoms with van der Waals surface area (Å²) >= 11 is 0. The molecule has 3 rings (SSSR count). The zero-order valence-electron chi connectivity index (χ0n) is 17.4. The second-order valence-corrected chi connectivity index (χ2v) is 7.53. The molecule has 0 saturated carbocycles. The number of likely N-dealkylation sites (N-methyl/N-ethyl adjacent to an activating group) is 1. The first-order valence-corrected chi connectivity index (χ1v) is 10.5. The summed E-state index contributed by atoms with van der Waals surface area (Å²) in [6.07, 6.45) is 4.08. The predicted octanol–water partition coefficient (Wildman–Crippen LogP) is 2.78. The summed E-state index contributed by atoms with van der Waals surface area (Å²) in [6.45, 7) is 5.75. The standard InChI is InChI=1S/C22H32N4O3/c1-3-5-18-15-21(25-24-18)22(27)23-16-17-6-4-7-20(14-17)29-13-10-26(2)19-8-11-28-12-9-19/h4,6-7,14-15,19H,3,5,8-13,16H2,1-2H3,(H,23,27)(H,24,25). The van der Waals surface area contributed by atoms with Gasteiger partial charge >= 0.3 is 0 Å². The molecule has 1 saturated heterocycles. The molecular weight excluding hydrogens is 368 g/mol. The molecule has 1 aliphatic heterocycles. The zero-order chi connectivity index (χ0) is 20.5. The third-order valence-electron chi connectivity index (χ3n) is 5.26. The van der Waals surface area contributed by atoms with Crippen LogP contribution in [0.4, 0.5) is 0 Å². The van der Waals surface area contributed by atoms with Crippen molar-refractivity contribution in [1.82, 2.24) is 20.4 Å². The van der Waals surface area contributed by atoms with E-state index in [4.69, 9.17) is 9.47 Å². The fourth-order valence-electron chi connectivity index (χ4n) is 3.51. The topological polar surface area (TPSA) is 79.5 Å². The lowest BCUT2D eigenvalue weighted by Crippen LogP contribution is -2.38. The Kier molecular flexibility index (Phi) is 8.07. The Labute approximate surface area is 172 Å². The van der Waals surface area contributed by atoms with Crippen molar-refractivity contribution in [1.29, 1.82) is 0 Å². The van der Waals surface area contributed by atoms with Gasteiger partial charge in [0.15, 0.2) is 0 Å². The number of carbonyl (C=O) groups is 1. The molecule has 0 unspecified atom stereocenters. The van der Waals surface area contributed by atoms with E-state index in [1.807, 2.05) is 30.3 Å². The number of benzene rings is 1. The van der Waals surface area contributed by atoms with Crippen LogP contribution in [0.5, 0.6) is 5.75 Å². The van der Waals surface area contributed by atoms with E-state index < -0.39 is 0 Å². The van der Waals surface area contributed by atoms with Gasteiger partial charge in [-0.15, -0.1) is 0 Å². The van der Waals surface area contributed by atoms with Crippen molar-refractivity contribution in [2.75, 3.05) is 33.4 Å². The number of aromatic amines is 1. The smallest absolute Gasteiger partial charge is 0.272 e. The van der Waals surface area contributed by atoms with Gasteiger partial charge in [-0.05, 0) is 50.1 Å². The monoisotopic (exact) mass is 400 g/mol. The molecule has 0 bridgehead atoms. The van der Waals surface area contributed by atoms with Crippen LogP contribution in [0.25, 0.3) is 0 Å². The summed E-state index contributed by atoms with van der Waals surface area (Å²) in [5.41, 5.74) is 2.41. The van der Waals surface area contributed by atoms with Crippen molar-refractivity contribution in [3.05, 3.63) is 47.3 Å². The third-order valence-corrected chi connectivity index (χ3v) is 5.26. The second kappa shape index (κ2) is 11.0. The maximum absolute atomic E-state index is 12.3. The Morgan fingerprint density at radius 1 is 1.34 bits per heavy atom. The molecule has 1 aromatic heterocycles. The number of nitrogens with zero attached hydrogens (tertiary/aromatic N) is 2. The van der Waals surface area contributed by atoms with Crippen molar-refractivity contribution < 1.29 is 14.3 Å². The number of hydrogen-bond acceptors (Lipinski definition) is 5. The maximum atomic E-state index is 12.3. The Morgan fingerprint density at radius 3 is 2.97 bits per heavy atom. The van der Waals surface area contributed by atoms with Gasteiger partial charge in [0, 0.05) is 38.0 Å². The number of carbonyl (C=O) groups excluding carboxylic acids is 1. The SMILES string of the molecule is CCCc1cc(C(=O)NCc2cccc(OCCN(C)C3CCOCC3)c2)n[nH]1. The fourth-order valence-corrected chi connectivity index (χ4v) is 3.51. The third kappa shape index (κ3) is 6.58. The highest BCUT2D eigenvalue weighted by atomic mass is 16.5. The van der Waals surface area contributed by atoms with Gasteiger partial charge in [0.1, 0.15) is 18.1 Å². The van der Waals surface area contributed by atoms with Gasteiger partial charge in [0.2, 0.25) is 0 Å². The zero-order valence-corrected chi connectivity index (χ0v) is 17.4.